The largest absolute Gasteiger partial charge is 0.299 e. The van der Waals surface area contributed by atoms with Crippen molar-refractivity contribution >= 4 is 0 Å². The zero-order chi connectivity index (χ0) is 26.3. The van der Waals surface area contributed by atoms with Gasteiger partial charge in [0.2, 0.25) is 0 Å². The highest BCUT2D eigenvalue weighted by Gasteiger charge is 2.25. The van der Waals surface area contributed by atoms with Crippen LogP contribution >= 0.6 is 0 Å². The number of hydrogen-bond acceptors (Lipinski definition) is 2. The van der Waals surface area contributed by atoms with Gasteiger partial charge in [0.25, 0.3) is 0 Å². The number of likely N-dealkylation sites (tertiary alicyclic amines) is 1. The molecule has 0 bridgehead atoms. The molecule has 1 saturated heterocycles. The molecule has 0 N–H and O–H groups in total. The van der Waals surface area contributed by atoms with Crippen molar-refractivity contribution in [1.82, 2.24) is 4.90 Å². The average Bonchev–Trinajstić information content (AvgIpc) is 3.59. The molecule has 0 radical (unpaired) electrons. The van der Waals surface area contributed by atoms with E-state index >= 15 is 0 Å². The van der Waals surface area contributed by atoms with E-state index in [2.05, 4.69) is 79.4 Å². The first kappa shape index (κ1) is 26.7. The standard InChI is InChI=1S/C36H44N2/c1-27-21-23-38(25-27)26-36-31(14-6-3-4-9-22-37)24-32(34-17-11-18-35(34)36)20-19-29-15-10-16-33(28(29)2)30-12-7-5-8-13-30/h5,7-8,10,12-13,15-16,24,27H,3-4,6,9,11,14,17-21,23,25-26H2,1-2H3. The van der Waals surface area contributed by atoms with Crippen LogP contribution in [0.3, 0.4) is 0 Å². The Bertz CT molecular complexity index is 1270. The van der Waals surface area contributed by atoms with Gasteiger partial charge in [-0.25, -0.2) is 0 Å². The van der Waals surface area contributed by atoms with Gasteiger partial charge in [-0.05, 0) is 127 Å². The highest BCUT2D eigenvalue weighted by atomic mass is 15.1. The van der Waals surface area contributed by atoms with Crippen LogP contribution in [0.1, 0.15) is 84.4 Å². The fraction of sp³-hybridized carbons (Fsp3) is 0.472. The van der Waals surface area contributed by atoms with Crippen LogP contribution in [-0.2, 0) is 38.6 Å². The minimum Gasteiger partial charge on any atom is -0.299 e. The lowest BCUT2D eigenvalue weighted by Crippen LogP contribution is -2.22. The molecule has 2 nitrogen and oxygen atoms in total. The van der Waals surface area contributed by atoms with Gasteiger partial charge in [-0.15, -0.1) is 0 Å². The Morgan fingerprint density at radius 1 is 0.868 bits per heavy atom. The number of aryl methyl sites for hydroxylation is 3. The summed E-state index contributed by atoms with van der Waals surface area (Å²) in [4.78, 5) is 2.70. The first-order valence-corrected chi connectivity index (χ1v) is 15.0. The van der Waals surface area contributed by atoms with E-state index in [0.29, 0.717) is 6.42 Å². The van der Waals surface area contributed by atoms with E-state index < -0.39 is 0 Å². The van der Waals surface area contributed by atoms with Gasteiger partial charge in [0.15, 0.2) is 0 Å². The van der Waals surface area contributed by atoms with E-state index in [-0.39, 0.29) is 0 Å². The molecule has 0 aromatic heterocycles. The SMILES string of the molecule is Cc1c(CCc2cc(CCCCCC#N)c(CN3CCC(C)C3)c3c2CCC3)cccc1-c1ccccc1. The van der Waals surface area contributed by atoms with Crippen LogP contribution in [-0.4, -0.2) is 18.0 Å². The molecule has 198 valence electrons. The summed E-state index contributed by atoms with van der Waals surface area (Å²) >= 11 is 0. The van der Waals surface area contributed by atoms with E-state index in [9.17, 15) is 0 Å². The van der Waals surface area contributed by atoms with Crippen LogP contribution in [0.4, 0.5) is 0 Å². The Morgan fingerprint density at radius 3 is 2.47 bits per heavy atom. The Labute approximate surface area is 230 Å². The summed E-state index contributed by atoms with van der Waals surface area (Å²) in [5, 5.41) is 8.95. The molecule has 0 spiro atoms. The molecule has 2 heteroatoms. The van der Waals surface area contributed by atoms with Crippen molar-refractivity contribution in [2.24, 2.45) is 5.92 Å². The van der Waals surface area contributed by atoms with Crippen molar-refractivity contribution in [1.29, 1.82) is 5.26 Å². The predicted molar refractivity (Wildman–Crippen MR) is 159 cm³/mol. The number of hydrogen-bond donors (Lipinski definition) is 0. The monoisotopic (exact) mass is 504 g/mol. The predicted octanol–water partition coefficient (Wildman–Crippen LogP) is 8.40. The second-order valence-corrected chi connectivity index (χ2v) is 11.8. The average molecular weight is 505 g/mol. The molecule has 1 fully saturated rings. The number of unbranched alkanes of at least 4 members (excludes halogenated alkanes) is 3. The first-order valence-electron chi connectivity index (χ1n) is 15.0. The molecule has 3 aromatic carbocycles. The first-order chi connectivity index (χ1) is 18.6. The van der Waals surface area contributed by atoms with E-state index in [1.165, 1.54) is 67.4 Å². The minimum absolute atomic E-state index is 0.690. The normalized spacial score (nSPS) is 17.0. The third-order valence-corrected chi connectivity index (χ3v) is 9.02. The number of fused-ring (bicyclic) bond motifs is 1. The molecule has 5 rings (SSSR count). The van der Waals surface area contributed by atoms with Gasteiger partial charge in [-0.3, -0.25) is 4.90 Å². The highest BCUT2D eigenvalue weighted by Crippen LogP contribution is 2.35. The van der Waals surface area contributed by atoms with Crippen molar-refractivity contribution in [2.45, 2.75) is 91.0 Å². The zero-order valence-corrected chi connectivity index (χ0v) is 23.6. The number of nitrogens with zero attached hydrogens (tertiary/aromatic N) is 2. The van der Waals surface area contributed by atoms with E-state index in [4.69, 9.17) is 5.26 Å². The van der Waals surface area contributed by atoms with Gasteiger partial charge in [0, 0.05) is 19.5 Å². The van der Waals surface area contributed by atoms with Crippen LogP contribution in [0.5, 0.6) is 0 Å². The smallest absolute Gasteiger partial charge is 0.0621 e. The molecule has 1 atom stereocenters. The molecule has 2 aliphatic rings. The van der Waals surface area contributed by atoms with Crippen LogP contribution in [0.2, 0.25) is 0 Å². The second-order valence-electron chi connectivity index (χ2n) is 11.8. The van der Waals surface area contributed by atoms with Gasteiger partial charge in [0.1, 0.15) is 0 Å². The fourth-order valence-electron chi connectivity index (χ4n) is 6.90. The highest BCUT2D eigenvalue weighted by molar-refractivity contribution is 5.68. The molecule has 0 saturated carbocycles. The van der Waals surface area contributed by atoms with Crippen LogP contribution in [0.15, 0.2) is 54.6 Å². The van der Waals surface area contributed by atoms with Crippen molar-refractivity contribution in [3.05, 3.63) is 93.5 Å². The summed E-state index contributed by atoms with van der Waals surface area (Å²) in [6.45, 7) is 8.33. The maximum atomic E-state index is 8.95. The third kappa shape index (κ3) is 6.22. The Balaban J connectivity index is 1.40. The van der Waals surface area contributed by atoms with Crippen LogP contribution < -0.4 is 0 Å². The second kappa shape index (κ2) is 12.8. The summed E-state index contributed by atoms with van der Waals surface area (Å²) in [5.41, 5.74) is 13.8. The zero-order valence-electron chi connectivity index (χ0n) is 23.6. The van der Waals surface area contributed by atoms with Gasteiger partial charge in [0.05, 0.1) is 6.07 Å². The minimum atomic E-state index is 0.690. The molecule has 1 unspecified atom stereocenters. The van der Waals surface area contributed by atoms with Gasteiger partial charge in [-0.2, -0.15) is 5.26 Å². The number of benzene rings is 3. The molecule has 0 amide bonds. The Hall–Kier alpha value is -2.89. The fourth-order valence-corrected chi connectivity index (χ4v) is 6.90. The maximum Gasteiger partial charge on any atom is 0.0621 e. The van der Waals surface area contributed by atoms with Crippen molar-refractivity contribution in [2.75, 3.05) is 13.1 Å². The Kier molecular flexibility index (Phi) is 8.98. The van der Waals surface area contributed by atoms with E-state index in [0.717, 1.165) is 44.6 Å². The summed E-state index contributed by atoms with van der Waals surface area (Å²) in [6.07, 6.45) is 12.6. The summed E-state index contributed by atoms with van der Waals surface area (Å²) in [6, 6.07) is 22.6. The van der Waals surface area contributed by atoms with E-state index in [1.807, 2.05) is 0 Å². The summed E-state index contributed by atoms with van der Waals surface area (Å²) in [5.74, 6) is 0.826. The lowest BCUT2D eigenvalue weighted by molar-refractivity contribution is 0.318. The topological polar surface area (TPSA) is 27.0 Å². The van der Waals surface area contributed by atoms with Gasteiger partial charge < -0.3 is 0 Å². The van der Waals surface area contributed by atoms with Crippen molar-refractivity contribution in [3.63, 3.8) is 0 Å². The molecular formula is C36H44N2. The molecule has 1 heterocycles. The molecule has 38 heavy (non-hydrogen) atoms. The lowest BCUT2D eigenvalue weighted by Gasteiger charge is -2.23. The molecule has 3 aromatic rings. The lowest BCUT2D eigenvalue weighted by atomic mass is 9.87. The maximum absolute atomic E-state index is 8.95. The molecular weight excluding hydrogens is 460 g/mol. The third-order valence-electron chi connectivity index (χ3n) is 9.02. The van der Waals surface area contributed by atoms with E-state index in [1.54, 1.807) is 27.8 Å². The van der Waals surface area contributed by atoms with Crippen LogP contribution in [0.25, 0.3) is 11.1 Å². The Morgan fingerprint density at radius 2 is 1.68 bits per heavy atom. The van der Waals surface area contributed by atoms with Gasteiger partial charge >= 0.3 is 0 Å². The van der Waals surface area contributed by atoms with Crippen molar-refractivity contribution < 1.29 is 0 Å². The van der Waals surface area contributed by atoms with Crippen LogP contribution in [0, 0.1) is 24.2 Å². The number of rotatable bonds is 11. The summed E-state index contributed by atoms with van der Waals surface area (Å²) in [7, 11) is 0. The summed E-state index contributed by atoms with van der Waals surface area (Å²) < 4.78 is 0. The van der Waals surface area contributed by atoms with Gasteiger partial charge in [-0.1, -0.05) is 67.9 Å². The van der Waals surface area contributed by atoms with Crippen molar-refractivity contribution in [3.8, 4) is 17.2 Å². The quantitative estimate of drug-likeness (QED) is 0.245. The molecule has 1 aliphatic heterocycles. The number of nitriles is 1. The molecule has 1 aliphatic carbocycles.